The lowest BCUT2D eigenvalue weighted by Gasteiger charge is -2.11. The third kappa shape index (κ3) is 2.56. The van der Waals surface area contributed by atoms with E-state index in [1.54, 1.807) is 0 Å². The third-order valence-electron chi connectivity index (χ3n) is 1.14. The second-order valence-corrected chi connectivity index (χ2v) is 3.38. The summed E-state index contributed by atoms with van der Waals surface area (Å²) in [5, 5.41) is 12.5. The highest BCUT2D eigenvalue weighted by molar-refractivity contribution is 7.80. The van der Waals surface area contributed by atoms with E-state index in [1.165, 1.54) is 0 Å². The molecule has 0 aromatic rings. The average Bonchev–Trinajstić information content (AvgIpc) is 2.03. The van der Waals surface area contributed by atoms with Gasteiger partial charge in [0.2, 0.25) is 10.3 Å². The average molecular weight is 219 g/mol. The van der Waals surface area contributed by atoms with E-state index in [0.717, 1.165) is 6.21 Å². The molecule has 0 saturated heterocycles. The number of hydrogen-bond donors (Lipinski definition) is 2. The molecule has 1 atom stereocenters. The van der Waals surface area contributed by atoms with Crippen LogP contribution in [0.3, 0.4) is 0 Å². The summed E-state index contributed by atoms with van der Waals surface area (Å²) in [4.78, 5) is -0.0530. The van der Waals surface area contributed by atoms with Crippen molar-refractivity contribution in [2.75, 3.05) is 0 Å². The molecule has 0 spiro atoms. The van der Waals surface area contributed by atoms with Gasteiger partial charge in [-0.25, -0.2) is 0 Å². The van der Waals surface area contributed by atoms with Crippen LogP contribution in [0, 0.1) is 0 Å². The van der Waals surface area contributed by atoms with Crippen molar-refractivity contribution < 1.29 is 8.42 Å². The number of rotatable bonds is 1. The van der Waals surface area contributed by atoms with Crippen LogP contribution in [-0.2, 0) is 10.3 Å². The Labute approximate surface area is 80.3 Å². The van der Waals surface area contributed by atoms with Crippen LogP contribution < -0.4 is 11.1 Å². The van der Waals surface area contributed by atoms with Crippen molar-refractivity contribution in [1.82, 2.24) is 5.32 Å². The van der Waals surface area contributed by atoms with E-state index in [-0.39, 0.29) is 9.98 Å². The molecule has 0 saturated carbocycles. The summed E-state index contributed by atoms with van der Waals surface area (Å²) in [6, 6.07) is 0. The molecule has 13 heavy (non-hydrogen) atoms. The molecule has 0 amide bonds. The van der Waals surface area contributed by atoms with Crippen molar-refractivity contribution in [2.45, 2.75) is 6.17 Å². The topological polar surface area (TPSA) is 109 Å². The van der Waals surface area contributed by atoms with Gasteiger partial charge in [0.25, 0.3) is 0 Å². The normalized spacial score (nSPS) is 20.0. The van der Waals surface area contributed by atoms with Gasteiger partial charge in [-0.3, -0.25) is 0 Å². The van der Waals surface area contributed by atoms with E-state index in [0.29, 0.717) is 0 Å². The fraction of sp³-hybridized carbons (Fsp3) is 0.250. The highest BCUT2D eigenvalue weighted by Crippen LogP contribution is 1.96. The third-order valence-corrected chi connectivity index (χ3v) is 1.98. The first-order valence-corrected chi connectivity index (χ1v) is 4.55. The largest absolute Gasteiger partial charge is 0.376 e. The minimum atomic E-state index is -2.41. The summed E-state index contributed by atoms with van der Waals surface area (Å²) < 4.78 is 21.2. The van der Waals surface area contributed by atoms with Crippen molar-refractivity contribution in [2.24, 2.45) is 21.2 Å². The minimum Gasteiger partial charge on any atom is -0.376 e. The van der Waals surface area contributed by atoms with E-state index in [1.807, 2.05) is 0 Å². The Kier molecular flexibility index (Phi) is 3.03. The molecule has 0 aromatic heterocycles. The predicted octanol–water partition coefficient (Wildman–Crippen LogP) is -1.35. The van der Waals surface area contributed by atoms with E-state index in [2.05, 4.69) is 33.0 Å². The summed E-state index contributed by atoms with van der Waals surface area (Å²) in [6.07, 6.45) is 0.208. The van der Waals surface area contributed by atoms with Crippen LogP contribution in [0.1, 0.15) is 0 Å². The van der Waals surface area contributed by atoms with Gasteiger partial charge >= 0.3 is 0 Å². The Morgan fingerprint density at radius 3 is 2.92 bits per heavy atom. The smallest absolute Gasteiger partial charge is 0.223 e. The fourth-order valence-electron chi connectivity index (χ4n) is 0.661. The summed E-state index contributed by atoms with van der Waals surface area (Å²) in [5.74, 6) is 0. The summed E-state index contributed by atoms with van der Waals surface area (Å²) in [5.41, 5.74) is 5.15. The zero-order valence-electron chi connectivity index (χ0n) is 6.21. The summed E-state index contributed by atoms with van der Waals surface area (Å²) in [6.45, 7) is 0. The Hall–Kier alpha value is -1.35. The molecule has 1 heterocycles. The first-order chi connectivity index (χ1) is 6.11. The zero-order chi connectivity index (χ0) is 9.84. The molecule has 7 nitrogen and oxygen atoms in total. The fourth-order valence-corrected chi connectivity index (χ4v) is 1.19. The molecule has 1 rings (SSSR count). The maximum Gasteiger partial charge on any atom is 0.223 e. The zero-order valence-corrected chi connectivity index (χ0v) is 7.84. The van der Waals surface area contributed by atoms with Gasteiger partial charge in [0.15, 0.2) is 11.3 Å². The Bertz CT molecular complexity index is 400. The van der Waals surface area contributed by atoms with E-state index in [4.69, 9.17) is 5.73 Å². The van der Waals surface area contributed by atoms with Gasteiger partial charge in [-0.05, 0) is 17.4 Å². The highest BCUT2D eigenvalue weighted by Gasteiger charge is 2.17. The highest BCUT2D eigenvalue weighted by atomic mass is 32.2. The van der Waals surface area contributed by atoms with Gasteiger partial charge in [0.05, 0.1) is 6.21 Å². The SMILES string of the molecule is NC(=S)NC1N=NN=CC1=S(=O)=O. The monoisotopic (exact) mass is 219 g/mol. The minimum absolute atomic E-state index is 0.0530. The number of nitrogens with zero attached hydrogens (tertiary/aromatic N) is 3. The number of hydrogen-bond acceptors (Lipinski definition) is 6. The Morgan fingerprint density at radius 2 is 2.38 bits per heavy atom. The maximum absolute atomic E-state index is 10.6. The van der Waals surface area contributed by atoms with E-state index < -0.39 is 16.5 Å². The second-order valence-electron chi connectivity index (χ2n) is 2.00. The molecule has 0 radical (unpaired) electrons. The lowest BCUT2D eigenvalue weighted by molar-refractivity contribution is 0.625. The van der Waals surface area contributed by atoms with E-state index in [9.17, 15) is 8.42 Å². The van der Waals surface area contributed by atoms with Crippen molar-refractivity contribution in [1.29, 1.82) is 0 Å². The van der Waals surface area contributed by atoms with Gasteiger partial charge < -0.3 is 11.1 Å². The molecule has 1 aliphatic rings. The van der Waals surface area contributed by atoms with Gasteiger partial charge in [-0.2, -0.15) is 8.42 Å². The Balaban J connectivity index is 2.97. The molecule has 0 bridgehead atoms. The lowest BCUT2D eigenvalue weighted by atomic mass is 10.3. The van der Waals surface area contributed by atoms with Gasteiger partial charge in [0.1, 0.15) is 4.86 Å². The van der Waals surface area contributed by atoms with Crippen LogP contribution in [0.2, 0.25) is 0 Å². The standard InChI is InChI=1S/C4H5N5O2S2/c5-4(12)7-3-2(13(10)11)1-6-9-8-3/h1,3H,(H3,5,7,12). The molecule has 70 valence electrons. The molecule has 0 fully saturated rings. The van der Waals surface area contributed by atoms with Crippen molar-refractivity contribution in [3.63, 3.8) is 0 Å². The Morgan fingerprint density at radius 1 is 1.69 bits per heavy atom. The molecule has 0 aromatic carbocycles. The lowest BCUT2D eigenvalue weighted by Crippen LogP contribution is -2.43. The molecule has 9 heteroatoms. The quantitative estimate of drug-likeness (QED) is 0.530. The van der Waals surface area contributed by atoms with Gasteiger partial charge in [0, 0.05) is 0 Å². The molecule has 3 N–H and O–H groups in total. The molecular weight excluding hydrogens is 214 g/mol. The van der Waals surface area contributed by atoms with Crippen molar-refractivity contribution in [3.05, 3.63) is 0 Å². The van der Waals surface area contributed by atoms with E-state index >= 15 is 0 Å². The molecule has 1 unspecified atom stereocenters. The number of nitrogens with two attached hydrogens (primary N) is 1. The van der Waals surface area contributed by atoms with Gasteiger partial charge in [-0.1, -0.05) is 0 Å². The number of thiocarbonyl (C=S) groups is 1. The second kappa shape index (κ2) is 4.05. The molecule has 0 aliphatic carbocycles. The van der Waals surface area contributed by atoms with Crippen LogP contribution in [0.5, 0.6) is 0 Å². The summed E-state index contributed by atoms with van der Waals surface area (Å²) in [7, 11) is -2.41. The summed E-state index contributed by atoms with van der Waals surface area (Å²) >= 11 is 4.52. The van der Waals surface area contributed by atoms with Crippen molar-refractivity contribution >= 4 is 38.7 Å². The predicted molar refractivity (Wildman–Crippen MR) is 51.0 cm³/mol. The maximum atomic E-state index is 10.6. The first kappa shape index (κ1) is 9.74. The van der Waals surface area contributed by atoms with Crippen LogP contribution in [0.4, 0.5) is 0 Å². The molecular formula is C4H5N5O2S2. The van der Waals surface area contributed by atoms with Crippen LogP contribution in [0.15, 0.2) is 15.4 Å². The van der Waals surface area contributed by atoms with Crippen LogP contribution in [-0.4, -0.2) is 30.8 Å². The molecule has 1 aliphatic heterocycles. The van der Waals surface area contributed by atoms with Crippen LogP contribution in [0.25, 0.3) is 0 Å². The van der Waals surface area contributed by atoms with Gasteiger partial charge in [-0.15, -0.1) is 10.2 Å². The first-order valence-electron chi connectivity index (χ1n) is 3.06. The number of nitrogens with one attached hydrogen (secondary N) is 1. The van der Waals surface area contributed by atoms with Crippen LogP contribution >= 0.6 is 12.2 Å². The van der Waals surface area contributed by atoms with Crippen molar-refractivity contribution in [3.8, 4) is 0 Å².